The maximum Gasteiger partial charge on any atom is 0.251 e. The predicted molar refractivity (Wildman–Crippen MR) is 101 cm³/mol. The van der Waals surface area contributed by atoms with Gasteiger partial charge in [0.2, 0.25) is 5.91 Å². The number of nitrogens with zero attached hydrogens (tertiary/aromatic N) is 1. The van der Waals surface area contributed by atoms with E-state index in [1.54, 1.807) is 5.38 Å². The third kappa shape index (κ3) is 4.68. The highest BCUT2D eigenvalue weighted by molar-refractivity contribution is 7.14. The predicted octanol–water partition coefficient (Wildman–Crippen LogP) is 3.47. The first-order chi connectivity index (χ1) is 13.5. The van der Waals surface area contributed by atoms with Gasteiger partial charge in [-0.1, -0.05) is 6.07 Å². The van der Waals surface area contributed by atoms with Crippen molar-refractivity contribution in [1.29, 1.82) is 0 Å². The van der Waals surface area contributed by atoms with E-state index in [4.69, 9.17) is 4.74 Å². The lowest BCUT2D eigenvalue weighted by molar-refractivity contribution is -0.115. The molecule has 9 heteroatoms. The van der Waals surface area contributed by atoms with E-state index in [-0.39, 0.29) is 17.2 Å². The van der Waals surface area contributed by atoms with Crippen LogP contribution in [0.4, 0.5) is 13.9 Å². The molecule has 0 fully saturated rings. The number of hydrogen-bond donors (Lipinski definition) is 2. The zero-order chi connectivity index (χ0) is 20.1. The Hall–Kier alpha value is -3.33. The Morgan fingerprint density at radius 3 is 2.68 bits per heavy atom. The lowest BCUT2D eigenvalue weighted by Crippen LogP contribution is -2.32. The highest BCUT2D eigenvalue weighted by Crippen LogP contribution is 2.32. The van der Waals surface area contributed by atoms with Crippen LogP contribution < -0.4 is 15.4 Å². The molecule has 0 saturated heterocycles. The molecule has 2 amide bonds. The second kappa shape index (κ2) is 8.57. The summed E-state index contributed by atoms with van der Waals surface area (Å²) >= 11 is 1.15. The van der Waals surface area contributed by atoms with Gasteiger partial charge in [-0.2, -0.15) is 0 Å². The van der Waals surface area contributed by atoms with Crippen LogP contribution in [0.3, 0.4) is 0 Å². The Morgan fingerprint density at radius 1 is 1.14 bits per heavy atom. The van der Waals surface area contributed by atoms with Gasteiger partial charge in [0.15, 0.2) is 5.13 Å². The monoisotopic (exact) mass is 403 g/mol. The molecule has 2 N–H and O–H groups in total. The van der Waals surface area contributed by atoms with Gasteiger partial charge < -0.3 is 15.4 Å². The zero-order valence-corrected chi connectivity index (χ0v) is 15.5. The van der Waals surface area contributed by atoms with Gasteiger partial charge in [0, 0.05) is 16.5 Å². The number of hydrogen-bond acceptors (Lipinski definition) is 5. The summed E-state index contributed by atoms with van der Waals surface area (Å²) in [6.45, 7) is -0.312. The number of nitrogens with one attached hydrogen (secondary N) is 2. The minimum absolute atomic E-state index is 0.113. The molecular weight excluding hydrogens is 388 g/mol. The molecule has 0 spiro atoms. The fourth-order valence-corrected chi connectivity index (χ4v) is 3.12. The standard InChI is InChI=1S/C19H15F2N3O3S/c1-27-16-6-5-13(21)8-14(16)15-10-28-19(23-15)24-17(25)9-22-18(26)11-3-2-4-12(20)7-11/h2-8,10H,9H2,1H3,(H,22,26)(H,23,24,25). The van der Waals surface area contributed by atoms with Crippen LogP contribution in [0.15, 0.2) is 47.8 Å². The van der Waals surface area contributed by atoms with E-state index in [0.717, 1.165) is 17.4 Å². The number of methoxy groups -OCH3 is 1. The van der Waals surface area contributed by atoms with Gasteiger partial charge in [-0.3, -0.25) is 9.59 Å². The van der Waals surface area contributed by atoms with E-state index < -0.39 is 23.4 Å². The number of aromatic nitrogens is 1. The van der Waals surface area contributed by atoms with E-state index in [1.165, 1.54) is 43.5 Å². The molecule has 0 unspecified atom stereocenters. The van der Waals surface area contributed by atoms with Gasteiger partial charge >= 0.3 is 0 Å². The molecule has 3 rings (SSSR count). The summed E-state index contributed by atoms with van der Waals surface area (Å²) in [4.78, 5) is 28.2. The summed E-state index contributed by atoms with van der Waals surface area (Å²) in [7, 11) is 1.47. The molecule has 0 bridgehead atoms. The van der Waals surface area contributed by atoms with Gasteiger partial charge in [0.25, 0.3) is 5.91 Å². The Kier molecular flexibility index (Phi) is 5.95. The molecule has 0 aliphatic rings. The molecule has 6 nitrogen and oxygen atoms in total. The number of thiazole rings is 1. The molecule has 0 aliphatic carbocycles. The maximum absolute atomic E-state index is 13.5. The Bertz CT molecular complexity index is 1020. The third-order valence-corrected chi connectivity index (χ3v) is 4.44. The number of halogens is 2. The van der Waals surface area contributed by atoms with Gasteiger partial charge in [-0.15, -0.1) is 11.3 Å². The Labute approximate surface area is 163 Å². The number of anilines is 1. The molecule has 144 valence electrons. The average Bonchev–Trinajstić information content (AvgIpc) is 3.14. The molecule has 0 atom stereocenters. The Balaban J connectivity index is 1.61. The molecule has 28 heavy (non-hydrogen) atoms. The smallest absolute Gasteiger partial charge is 0.251 e. The second-order valence-corrected chi connectivity index (χ2v) is 6.48. The number of benzene rings is 2. The molecule has 0 aliphatic heterocycles. The Morgan fingerprint density at radius 2 is 1.93 bits per heavy atom. The van der Waals surface area contributed by atoms with Gasteiger partial charge in [0.1, 0.15) is 17.4 Å². The summed E-state index contributed by atoms with van der Waals surface area (Å²) in [5, 5.41) is 6.88. The van der Waals surface area contributed by atoms with Crippen molar-refractivity contribution in [3.63, 3.8) is 0 Å². The van der Waals surface area contributed by atoms with Crippen LogP contribution in [0.1, 0.15) is 10.4 Å². The molecule has 2 aromatic carbocycles. The van der Waals surface area contributed by atoms with Crippen LogP contribution in [0.25, 0.3) is 11.3 Å². The SMILES string of the molecule is COc1ccc(F)cc1-c1csc(NC(=O)CNC(=O)c2cccc(F)c2)n1. The maximum atomic E-state index is 13.5. The summed E-state index contributed by atoms with van der Waals surface area (Å²) in [5.41, 5.74) is 1.02. The number of carbonyl (C=O) groups is 2. The van der Waals surface area contributed by atoms with Crippen LogP contribution in [0.5, 0.6) is 5.75 Å². The quantitative estimate of drug-likeness (QED) is 0.661. The number of ether oxygens (including phenoxy) is 1. The number of rotatable bonds is 6. The van der Waals surface area contributed by atoms with E-state index >= 15 is 0 Å². The number of amides is 2. The minimum atomic E-state index is -0.570. The van der Waals surface area contributed by atoms with Crippen molar-refractivity contribution in [1.82, 2.24) is 10.3 Å². The molecule has 1 aromatic heterocycles. The van der Waals surface area contributed by atoms with Crippen LogP contribution in [0.2, 0.25) is 0 Å². The highest BCUT2D eigenvalue weighted by atomic mass is 32.1. The second-order valence-electron chi connectivity index (χ2n) is 5.62. The first-order valence-electron chi connectivity index (χ1n) is 8.09. The van der Waals surface area contributed by atoms with E-state index in [1.807, 2.05) is 0 Å². The average molecular weight is 403 g/mol. The first kappa shape index (κ1) is 19.4. The summed E-state index contributed by atoms with van der Waals surface area (Å²) in [5.74, 6) is -1.60. The van der Waals surface area contributed by atoms with E-state index in [2.05, 4.69) is 15.6 Å². The highest BCUT2D eigenvalue weighted by Gasteiger charge is 2.14. The number of carbonyl (C=O) groups excluding carboxylic acids is 2. The largest absolute Gasteiger partial charge is 0.496 e. The lowest BCUT2D eigenvalue weighted by Gasteiger charge is -2.06. The minimum Gasteiger partial charge on any atom is -0.496 e. The molecule has 3 aromatic rings. The van der Waals surface area contributed by atoms with E-state index in [9.17, 15) is 18.4 Å². The first-order valence-corrected chi connectivity index (χ1v) is 8.97. The fourth-order valence-electron chi connectivity index (χ4n) is 2.39. The van der Waals surface area contributed by atoms with Crippen molar-refractivity contribution in [3.05, 3.63) is 65.0 Å². The van der Waals surface area contributed by atoms with Crippen molar-refractivity contribution in [2.45, 2.75) is 0 Å². The van der Waals surface area contributed by atoms with Crippen LogP contribution in [0, 0.1) is 11.6 Å². The molecule has 0 radical (unpaired) electrons. The molecular formula is C19H15F2N3O3S. The van der Waals surface area contributed by atoms with Crippen LogP contribution in [-0.2, 0) is 4.79 Å². The zero-order valence-electron chi connectivity index (χ0n) is 14.7. The van der Waals surface area contributed by atoms with Crippen molar-refractivity contribution >= 4 is 28.3 Å². The van der Waals surface area contributed by atoms with Gasteiger partial charge in [-0.25, -0.2) is 13.8 Å². The third-order valence-electron chi connectivity index (χ3n) is 3.68. The lowest BCUT2D eigenvalue weighted by atomic mass is 10.1. The van der Waals surface area contributed by atoms with Crippen molar-refractivity contribution in [3.8, 4) is 17.0 Å². The summed E-state index contributed by atoms with van der Waals surface area (Å²) < 4.78 is 31.8. The molecule has 0 saturated carbocycles. The van der Waals surface area contributed by atoms with E-state index in [0.29, 0.717) is 17.0 Å². The van der Waals surface area contributed by atoms with Crippen LogP contribution >= 0.6 is 11.3 Å². The van der Waals surface area contributed by atoms with Gasteiger partial charge in [0.05, 0.1) is 19.3 Å². The van der Waals surface area contributed by atoms with Crippen molar-refractivity contribution in [2.75, 3.05) is 19.0 Å². The van der Waals surface area contributed by atoms with Gasteiger partial charge in [-0.05, 0) is 36.4 Å². The topological polar surface area (TPSA) is 80.3 Å². The van der Waals surface area contributed by atoms with Crippen molar-refractivity contribution < 1.29 is 23.1 Å². The normalized spacial score (nSPS) is 10.4. The molecule has 1 heterocycles. The summed E-state index contributed by atoms with van der Waals surface area (Å²) in [6, 6.07) is 9.20. The van der Waals surface area contributed by atoms with Crippen LogP contribution in [-0.4, -0.2) is 30.5 Å². The van der Waals surface area contributed by atoms with Crippen molar-refractivity contribution in [2.24, 2.45) is 0 Å². The summed E-state index contributed by atoms with van der Waals surface area (Å²) in [6.07, 6.45) is 0. The fraction of sp³-hybridized carbons (Fsp3) is 0.105.